The number of aromatic carboxylic acids is 1. The highest BCUT2D eigenvalue weighted by atomic mass is 16.5. The summed E-state index contributed by atoms with van der Waals surface area (Å²) in [5.41, 5.74) is 0.943. The summed E-state index contributed by atoms with van der Waals surface area (Å²) >= 11 is 0. The molecule has 116 valence electrons. The van der Waals surface area contributed by atoms with Gasteiger partial charge in [0, 0.05) is 0 Å². The summed E-state index contributed by atoms with van der Waals surface area (Å²) in [6.45, 7) is 1.94. The van der Waals surface area contributed by atoms with E-state index in [0.717, 1.165) is 12.0 Å². The second-order valence-corrected chi connectivity index (χ2v) is 4.33. The molecule has 0 aliphatic carbocycles. The molecule has 7 nitrogen and oxygen atoms in total. The number of carboxylic acids is 1. The van der Waals surface area contributed by atoms with E-state index < -0.39 is 5.97 Å². The van der Waals surface area contributed by atoms with Gasteiger partial charge in [-0.05, 0) is 24.1 Å². The number of hydrogen-bond acceptors (Lipinski definition) is 6. The first kappa shape index (κ1) is 15.6. The Morgan fingerprint density at radius 3 is 2.27 bits per heavy atom. The van der Waals surface area contributed by atoms with Gasteiger partial charge in [0.2, 0.25) is 11.8 Å². The van der Waals surface area contributed by atoms with Crippen LogP contribution in [0.15, 0.2) is 24.3 Å². The molecule has 1 heterocycles. The van der Waals surface area contributed by atoms with Crippen molar-refractivity contribution < 1.29 is 24.1 Å². The van der Waals surface area contributed by atoms with Crippen LogP contribution in [0.5, 0.6) is 23.5 Å². The van der Waals surface area contributed by atoms with E-state index in [1.807, 2.05) is 6.92 Å². The van der Waals surface area contributed by atoms with Gasteiger partial charge < -0.3 is 19.3 Å². The summed E-state index contributed by atoms with van der Waals surface area (Å²) in [5, 5.41) is 9.29. The number of hydrogen-bond donors (Lipinski definition) is 1. The first-order chi connectivity index (χ1) is 10.6. The van der Waals surface area contributed by atoms with E-state index in [1.165, 1.54) is 20.3 Å². The lowest BCUT2D eigenvalue weighted by Crippen LogP contribution is -2.03. The number of carboxylic acid groups (broad SMARTS) is 1. The molecule has 2 aromatic rings. The number of rotatable bonds is 6. The molecule has 1 aromatic carbocycles. The van der Waals surface area contributed by atoms with Gasteiger partial charge in [0.15, 0.2) is 0 Å². The van der Waals surface area contributed by atoms with E-state index in [9.17, 15) is 9.90 Å². The number of carbonyl (C=O) groups is 1. The van der Waals surface area contributed by atoms with Crippen LogP contribution in [0.25, 0.3) is 0 Å². The van der Waals surface area contributed by atoms with E-state index in [0.29, 0.717) is 0 Å². The largest absolute Gasteiger partial charge is 0.481 e. The van der Waals surface area contributed by atoms with Crippen molar-refractivity contribution in [3.8, 4) is 23.5 Å². The van der Waals surface area contributed by atoms with Crippen LogP contribution in [0.2, 0.25) is 0 Å². The van der Waals surface area contributed by atoms with Crippen LogP contribution in [0.4, 0.5) is 0 Å². The topological polar surface area (TPSA) is 90.8 Å². The van der Waals surface area contributed by atoms with Gasteiger partial charge >= 0.3 is 12.0 Å². The summed E-state index contributed by atoms with van der Waals surface area (Å²) in [6.07, 6.45) is 0.726. The molecule has 0 radical (unpaired) electrons. The van der Waals surface area contributed by atoms with Gasteiger partial charge in [0.05, 0.1) is 20.3 Å². The van der Waals surface area contributed by atoms with Gasteiger partial charge in [-0.1, -0.05) is 13.0 Å². The van der Waals surface area contributed by atoms with Crippen LogP contribution in [0.1, 0.15) is 22.8 Å². The van der Waals surface area contributed by atoms with Crippen LogP contribution in [-0.2, 0) is 6.42 Å². The standard InChI is InChI=1S/C15H16N2O5/c1-4-9-5-6-11(10(7-9)14(18)19)22-15-16-12(20-2)8-13(17-15)21-3/h5-8H,4H2,1-3H3,(H,18,19). The Balaban J connectivity index is 2.40. The van der Waals surface area contributed by atoms with E-state index in [2.05, 4.69) is 9.97 Å². The Labute approximate surface area is 127 Å². The van der Waals surface area contributed by atoms with Crippen molar-refractivity contribution in [1.29, 1.82) is 0 Å². The Morgan fingerprint density at radius 1 is 1.14 bits per heavy atom. The zero-order valence-corrected chi connectivity index (χ0v) is 12.5. The lowest BCUT2D eigenvalue weighted by molar-refractivity contribution is 0.0694. The minimum atomic E-state index is -1.08. The third kappa shape index (κ3) is 3.43. The van der Waals surface area contributed by atoms with E-state index >= 15 is 0 Å². The molecule has 0 aliphatic heterocycles. The highest BCUT2D eigenvalue weighted by molar-refractivity contribution is 5.91. The molecule has 0 unspecified atom stereocenters. The van der Waals surface area contributed by atoms with Crippen molar-refractivity contribution >= 4 is 5.97 Å². The number of ether oxygens (including phenoxy) is 3. The predicted octanol–water partition coefficient (Wildman–Crippen LogP) is 2.55. The van der Waals surface area contributed by atoms with E-state index in [4.69, 9.17) is 14.2 Å². The maximum absolute atomic E-state index is 11.4. The fraction of sp³-hybridized carbons (Fsp3) is 0.267. The summed E-state index contributed by atoms with van der Waals surface area (Å²) in [4.78, 5) is 19.4. The van der Waals surface area contributed by atoms with Gasteiger partial charge in [-0.25, -0.2) is 4.79 Å². The van der Waals surface area contributed by atoms with Crippen molar-refractivity contribution in [2.24, 2.45) is 0 Å². The first-order valence-electron chi connectivity index (χ1n) is 6.58. The van der Waals surface area contributed by atoms with Gasteiger partial charge in [0.1, 0.15) is 11.3 Å². The summed E-state index contributed by atoms with van der Waals surface area (Å²) in [6, 6.07) is 6.37. The van der Waals surface area contributed by atoms with Crippen molar-refractivity contribution in [2.45, 2.75) is 13.3 Å². The fourth-order valence-electron chi connectivity index (χ4n) is 1.79. The smallest absolute Gasteiger partial charge is 0.339 e. The van der Waals surface area contributed by atoms with Crippen molar-refractivity contribution in [3.05, 3.63) is 35.4 Å². The number of nitrogens with zero attached hydrogens (tertiary/aromatic N) is 2. The molecule has 2 rings (SSSR count). The molecule has 0 aliphatic rings. The quantitative estimate of drug-likeness (QED) is 0.876. The lowest BCUT2D eigenvalue weighted by Gasteiger charge is -2.10. The van der Waals surface area contributed by atoms with Crippen molar-refractivity contribution in [1.82, 2.24) is 9.97 Å². The highest BCUT2D eigenvalue weighted by Crippen LogP contribution is 2.27. The number of benzene rings is 1. The second kappa shape index (κ2) is 6.75. The normalized spacial score (nSPS) is 10.1. The van der Waals surface area contributed by atoms with Gasteiger partial charge in [-0.3, -0.25) is 0 Å². The maximum Gasteiger partial charge on any atom is 0.339 e. The zero-order valence-electron chi connectivity index (χ0n) is 12.5. The van der Waals surface area contributed by atoms with Crippen LogP contribution >= 0.6 is 0 Å². The molecular weight excluding hydrogens is 288 g/mol. The molecule has 0 saturated carbocycles. The molecule has 0 spiro atoms. The summed E-state index contributed by atoms with van der Waals surface area (Å²) in [5.74, 6) is -0.423. The molecule has 22 heavy (non-hydrogen) atoms. The molecular formula is C15H16N2O5. The second-order valence-electron chi connectivity index (χ2n) is 4.33. The zero-order chi connectivity index (χ0) is 16.1. The minimum Gasteiger partial charge on any atom is -0.481 e. The molecule has 0 bridgehead atoms. The molecule has 0 amide bonds. The molecule has 7 heteroatoms. The van der Waals surface area contributed by atoms with Crippen LogP contribution < -0.4 is 14.2 Å². The number of aromatic nitrogens is 2. The third-order valence-electron chi connectivity index (χ3n) is 2.96. The Kier molecular flexibility index (Phi) is 4.77. The SMILES string of the molecule is CCc1ccc(Oc2nc(OC)cc(OC)n2)c(C(=O)O)c1. The lowest BCUT2D eigenvalue weighted by atomic mass is 10.1. The predicted molar refractivity (Wildman–Crippen MR) is 78.0 cm³/mol. The highest BCUT2D eigenvalue weighted by Gasteiger charge is 2.15. The van der Waals surface area contributed by atoms with E-state index in [-0.39, 0.29) is 29.1 Å². The average molecular weight is 304 g/mol. The third-order valence-corrected chi connectivity index (χ3v) is 2.96. The Hall–Kier alpha value is -2.83. The Bertz CT molecular complexity index is 665. The van der Waals surface area contributed by atoms with Gasteiger partial charge in [-0.2, -0.15) is 9.97 Å². The number of methoxy groups -OCH3 is 2. The fourth-order valence-corrected chi connectivity index (χ4v) is 1.79. The molecule has 1 N–H and O–H groups in total. The molecule has 0 fully saturated rings. The van der Waals surface area contributed by atoms with Crippen LogP contribution in [-0.4, -0.2) is 35.3 Å². The van der Waals surface area contributed by atoms with Gasteiger partial charge in [-0.15, -0.1) is 0 Å². The minimum absolute atomic E-state index is 0.0461. The van der Waals surface area contributed by atoms with Crippen LogP contribution in [0, 0.1) is 0 Å². The summed E-state index contributed by atoms with van der Waals surface area (Å²) < 4.78 is 15.5. The number of aryl methyl sites for hydroxylation is 1. The molecule has 1 aromatic heterocycles. The molecule has 0 atom stereocenters. The van der Waals surface area contributed by atoms with Crippen LogP contribution in [0.3, 0.4) is 0 Å². The average Bonchev–Trinajstić information content (AvgIpc) is 2.54. The van der Waals surface area contributed by atoms with E-state index in [1.54, 1.807) is 18.2 Å². The summed E-state index contributed by atoms with van der Waals surface area (Å²) in [7, 11) is 2.90. The first-order valence-corrected chi connectivity index (χ1v) is 6.58. The monoisotopic (exact) mass is 304 g/mol. The Morgan fingerprint density at radius 2 is 1.77 bits per heavy atom. The maximum atomic E-state index is 11.4. The van der Waals surface area contributed by atoms with Gasteiger partial charge in [0.25, 0.3) is 0 Å². The van der Waals surface area contributed by atoms with Crippen molar-refractivity contribution in [3.63, 3.8) is 0 Å². The van der Waals surface area contributed by atoms with Crippen molar-refractivity contribution in [2.75, 3.05) is 14.2 Å². The molecule has 0 saturated heterocycles.